The van der Waals surface area contributed by atoms with E-state index in [0.29, 0.717) is 4.68 Å². The summed E-state index contributed by atoms with van der Waals surface area (Å²) in [5.74, 6) is -3.39. The van der Waals surface area contributed by atoms with Crippen molar-refractivity contribution in [2.24, 2.45) is 0 Å². The lowest BCUT2D eigenvalue weighted by atomic mass is 10.1. The van der Waals surface area contributed by atoms with Gasteiger partial charge in [0, 0.05) is 5.39 Å². The van der Waals surface area contributed by atoms with Gasteiger partial charge in [0.25, 0.3) is 5.56 Å². The first-order chi connectivity index (χ1) is 12.5. The quantitative estimate of drug-likeness (QED) is 0.736. The van der Waals surface area contributed by atoms with Crippen molar-refractivity contribution in [1.82, 2.24) is 9.78 Å². The standard InChI is InChI=1S/C18H20F2N2O5/c1-5-26-13(23)8-12-15-10(19)6-7-11(20)16(15)17(25)22(21-12)9-14(24)27-18(2,3)4/h6-7H,5,8-9H2,1-4H3. The number of hydrogen-bond acceptors (Lipinski definition) is 6. The minimum Gasteiger partial charge on any atom is -0.466 e. The Morgan fingerprint density at radius 1 is 1.11 bits per heavy atom. The van der Waals surface area contributed by atoms with Gasteiger partial charge in [0.1, 0.15) is 23.8 Å². The zero-order valence-corrected chi connectivity index (χ0v) is 15.5. The van der Waals surface area contributed by atoms with Gasteiger partial charge in [-0.25, -0.2) is 13.5 Å². The van der Waals surface area contributed by atoms with Gasteiger partial charge in [-0.2, -0.15) is 5.10 Å². The van der Waals surface area contributed by atoms with Crippen molar-refractivity contribution in [2.45, 2.75) is 46.3 Å². The maximum Gasteiger partial charge on any atom is 0.328 e. The van der Waals surface area contributed by atoms with Gasteiger partial charge in [0.2, 0.25) is 0 Å². The summed E-state index contributed by atoms with van der Waals surface area (Å²) in [6, 6.07) is 1.64. The molecule has 2 aromatic rings. The number of nitrogens with zero attached hydrogens (tertiary/aromatic N) is 2. The Bertz CT molecular complexity index is 947. The molecule has 0 unspecified atom stereocenters. The van der Waals surface area contributed by atoms with Gasteiger partial charge in [-0.1, -0.05) is 0 Å². The van der Waals surface area contributed by atoms with Gasteiger partial charge >= 0.3 is 11.9 Å². The molecule has 7 nitrogen and oxygen atoms in total. The predicted octanol–water partition coefficient (Wildman–Crippen LogP) is 2.12. The average Bonchev–Trinajstić information content (AvgIpc) is 2.52. The minimum atomic E-state index is -1.000. The molecule has 0 aliphatic carbocycles. The third-order valence-electron chi connectivity index (χ3n) is 3.40. The summed E-state index contributed by atoms with van der Waals surface area (Å²) >= 11 is 0. The molecule has 0 saturated heterocycles. The molecule has 0 bridgehead atoms. The van der Waals surface area contributed by atoms with Gasteiger partial charge < -0.3 is 9.47 Å². The molecule has 0 aliphatic rings. The first-order valence-corrected chi connectivity index (χ1v) is 8.28. The zero-order chi connectivity index (χ0) is 20.4. The lowest BCUT2D eigenvalue weighted by Crippen LogP contribution is -2.33. The molecule has 0 saturated carbocycles. The largest absolute Gasteiger partial charge is 0.466 e. The van der Waals surface area contributed by atoms with Crippen LogP contribution in [0.1, 0.15) is 33.4 Å². The van der Waals surface area contributed by atoms with Crippen molar-refractivity contribution < 1.29 is 27.8 Å². The summed E-state index contributed by atoms with van der Waals surface area (Å²) in [7, 11) is 0. The van der Waals surface area contributed by atoms with Crippen molar-refractivity contribution >= 4 is 22.7 Å². The molecule has 0 atom stereocenters. The lowest BCUT2D eigenvalue weighted by Gasteiger charge is -2.20. The van der Waals surface area contributed by atoms with Crippen molar-refractivity contribution in [3.63, 3.8) is 0 Å². The highest BCUT2D eigenvalue weighted by Gasteiger charge is 2.23. The molecule has 0 aliphatic heterocycles. The van der Waals surface area contributed by atoms with Crippen LogP contribution in [0.3, 0.4) is 0 Å². The maximum atomic E-state index is 14.3. The van der Waals surface area contributed by atoms with E-state index in [2.05, 4.69) is 5.10 Å². The Morgan fingerprint density at radius 2 is 1.70 bits per heavy atom. The first kappa shape index (κ1) is 20.5. The highest BCUT2D eigenvalue weighted by Crippen LogP contribution is 2.21. The van der Waals surface area contributed by atoms with Gasteiger partial charge in [-0.15, -0.1) is 0 Å². The Kier molecular flexibility index (Phi) is 5.92. The van der Waals surface area contributed by atoms with Crippen molar-refractivity contribution in [3.8, 4) is 0 Å². The van der Waals surface area contributed by atoms with Gasteiger partial charge in [0.05, 0.1) is 24.1 Å². The van der Waals surface area contributed by atoms with Crippen LogP contribution in [0.15, 0.2) is 16.9 Å². The lowest BCUT2D eigenvalue weighted by molar-refractivity contribution is -0.155. The molecule has 1 heterocycles. The Balaban J connectivity index is 2.60. The maximum absolute atomic E-state index is 14.3. The second-order valence-electron chi connectivity index (χ2n) is 6.76. The molecule has 0 radical (unpaired) electrons. The summed E-state index contributed by atoms with van der Waals surface area (Å²) in [4.78, 5) is 36.4. The average molecular weight is 382 g/mol. The van der Waals surface area contributed by atoms with E-state index >= 15 is 0 Å². The molecule has 1 aromatic carbocycles. The Hall–Kier alpha value is -2.84. The monoisotopic (exact) mass is 382 g/mol. The van der Waals surface area contributed by atoms with Crippen LogP contribution in [-0.4, -0.2) is 33.9 Å². The van der Waals surface area contributed by atoms with Crippen molar-refractivity contribution in [1.29, 1.82) is 0 Å². The van der Waals surface area contributed by atoms with E-state index in [1.807, 2.05) is 0 Å². The zero-order valence-electron chi connectivity index (χ0n) is 15.5. The van der Waals surface area contributed by atoms with E-state index in [0.717, 1.165) is 12.1 Å². The van der Waals surface area contributed by atoms with Crippen LogP contribution in [0.2, 0.25) is 0 Å². The smallest absolute Gasteiger partial charge is 0.328 e. The number of aromatic nitrogens is 2. The van der Waals surface area contributed by atoms with Crippen LogP contribution in [0.4, 0.5) is 8.78 Å². The molecule has 0 amide bonds. The normalized spacial score (nSPS) is 11.5. The fourth-order valence-electron chi connectivity index (χ4n) is 2.49. The van der Waals surface area contributed by atoms with Crippen LogP contribution in [0.25, 0.3) is 10.8 Å². The number of carbonyl (C=O) groups is 2. The van der Waals surface area contributed by atoms with E-state index in [9.17, 15) is 23.2 Å². The van der Waals surface area contributed by atoms with E-state index in [4.69, 9.17) is 9.47 Å². The summed E-state index contributed by atoms with van der Waals surface area (Å²) in [5.41, 5.74) is -2.01. The molecule has 27 heavy (non-hydrogen) atoms. The number of esters is 2. The first-order valence-electron chi connectivity index (χ1n) is 8.28. The number of carbonyl (C=O) groups excluding carboxylic acids is 2. The topological polar surface area (TPSA) is 87.5 Å². The second-order valence-corrected chi connectivity index (χ2v) is 6.76. The third kappa shape index (κ3) is 4.87. The number of hydrogen-bond donors (Lipinski definition) is 0. The number of rotatable bonds is 5. The van der Waals surface area contributed by atoms with E-state index < -0.39 is 58.5 Å². The van der Waals surface area contributed by atoms with Crippen LogP contribution in [-0.2, 0) is 32.0 Å². The molecular formula is C18H20F2N2O5. The number of benzene rings is 1. The van der Waals surface area contributed by atoms with Crippen LogP contribution < -0.4 is 5.56 Å². The molecule has 0 spiro atoms. The fraction of sp³-hybridized carbons (Fsp3) is 0.444. The minimum absolute atomic E-state index is 0.0884. The number of fused-ring (bicyclic) bond motifs is 1. The Labute approximate surface area is 153 Å². The third-order valence-corrected chi connectivity index (χ3v) is 3.40. The molecule has 0 N–H and O–H groups in total. The van der Waals surface area contributed by atoms with Gasteiger partial charge in [-0.05, 0) is 39.8 Å². The van der Waals surface area contributed by atoms with Gasteiger partial charge in [-0.3, -0.25) is 14.4 Å². The molecule has 0 fully saturated rings. The fourth-order valence-corrected chi connectivity index (χ4v) is 2.49. The SMILES string of the molecule is CCOC(=O)Cc1nn(CC(=O)OC(C)(C)C)c(=O)c2c(F)ccc(F)c12. The van der Waals surface area contributed by atoms with Crippen molar-refractivity contribution in [2.75, 3.05) is 6.61 Å². The van der Waals surface area contributed by atoms with Crippen LogP contribution in [0.5, 0.6) is 0 Å². The summed E-state index contributed by atoms with van der Waals surface area (Å²) in [5, 5.41) is 2.89. The van der Waals surface area contributed by atoms with Crippen LogP contribution >= 0.6 is 0 Å². The van der Waals surface area contributed by atoms with E-state index in [-0.39, 0.29) is 12.3 Å². The Morgan fingerprint density at radius 3 is 2.26 bits per heavy atom. The number of ether oxygens (including phenoxy) is 2. The number of halogens is 2. The molecule has 2 rings (SSSR count). The summed E-state index contributed by atoms with van der Waals surface area (Å²) < 4.78 is 39.1. The molecule has 1 aromatic heterocycles. The predicted molar refractivity (Wildman–Crippen MR) is 92.1 cm³/mol. The second kappa shape index (κ2) is 7.81. The highest BCUT2D eigenvalue weighted by atomic mass is 19.1. The summed E-state index contributed by atoms with van der Waals surface area (Å²) in [6.45, 7) is 5.99. The van der Waals surface area contributed by atoms with Crippen molar-refractivity contribution in [3.05, 3.63) is 39.8 Å². The molecule has 146 valence electrons. The van der Waals surface area contributed by atoms with Crippen LogP contribution in [0, 0.1) is 11.6 Å². The van der Waals surface area contributed by atoms with E-state index in [1.54, 1.807) is 27.7 Å². The molecule has 9 heteroatoms. The summed E-state index contributed by atoms with van der Waals surface area (Å²) in [6.07, 6.45) is -0.487. The highest BCUT2D eigenvalue weighted by molar-refractivity contribution is 5.88. The molecular weight excluding hydrogens is 362 g/mol. The van der Waals surface area contributed by atoms with E-state index in [1.165, 1.54) is 0 Å². The van der Waals surface area contributed by atoms with Gasteiger partial charge in [0.15, 0.2) is 0 Å².